The molecule has 26 heavy (non-hydrogen) atoms. The van der Waals surface area contributed by atoms with Crippen LogP contribution in [0.3, 0.4) is 0 Å². The standard InChI is InChI=1S/C19H15ClFN3O2/c1-26-17-8-3-13(20)10-16(17)24-18-9-2-12(11-22-18)19(25)23-15-6-4-14(21)5-7-15/h2-11H,1H3,(H,22,24)(H,23,25). The number of hydrogen-bond donors (Lipinski definition) is 2. The summed E-state index contributed by atoms with van der Waals surface area (Å²) in [5, 5.41) is 6.33. The summed E-state index contributed by atoms with van der Waals surface area (Å²) in [5.41, 5.74) is 1.54. The summed E-state index contributed by atoms with van der Waals surface area (Å²) < 4.78 is 18.2. The molecule has 2 aromatic carbocycles. The molecule has 0 aliphatic rings. The molecule has 5 nitrogen and oxygen atoms in total. The van der Waals surface area contributed by atoms with Gasteiger partial charge in [0.15, 0.2) is 0 Å². The summed E-state index contributed by atoms with van der Waals surface area (Å²) >= 11 is 6.00. The number of aromatic nitrogens is 1. The van der Waals surface area contributed by atoms with E-state index in [0.717, 1.165) is 0 Å². The van der Waals surface area contributed by atoms with Crippen molar-refractivity contribution in [3.05, 3.63) is 77.2 Å². The first-order valence-electron chi connectivity index (χ1n) is 7.69. The van der Waals surface area contributed by atoms with Crippen LogP contribution in [0.4, 0.5) is 21.6 Å². The highest BCUT2D eigenvalue weighted by molar-refractivity contribution is 6.31. The lowest BCUT2D eigenvalue weighted by molar-refractivity contribution is 0.102. The van der Waals surface area contributed by atoms with Gasteiger partial charge in [-0.3, -0.25) is 4.79 Å². The molecule has 0 saturated heterocycles. The number of methoxy groups -OCH3 is 1. The molecule has 0 spiro atoms. The molecule has 132 valence electrons. The van der Waals surface area contributed by atoms with E-state index >= 15 is 0 Å². The average molecular weight is 372 g/mol. The lowest BCUT2D eigenvalue weighted by Gasteiger charge is -2.11. The molecule has 0 bridgehead atoms. The molecule has 0 radical (unpaired) electrons. The molecule has 0 aliphatic heterocycles. The Kier molecular flexibility index (Phi) is 5.34. The van der Waals surface area contributed by atoms with Crippen LogP contribution < -0.4 is 15.4 Å². The van der Waals surface area contributed by atoms with E-state index in [1.165, 1.54) is 30.5 Å². The summed E-state index contributed by atoms with van der Waals surface area (Å²) in [6.45, 7) is 0. The smallest absolute Gasteiger partial charge is 0.257 e. The van der Waals surface area contributed by atoms with Crippen LogP contribution in [-0.4, -0.2) is 18.0 Å². The summed E-state index contributed by atoms with van der Waals surface area (Å²) in [5.74, 6) is 0.450. The lowest BCUT2D eigenvalue weighted by atomic mass is 10.2. The molecule has 1 aromatic heterocycles. The monoisotopic (exact) mass is 371 g/mol. The minimum Gasteiger partial charge on any atom is -0.495 e. The number of hydrogen-bond acceptors (Lipinski definition) is 4. The van der Waals surface area contributed by atoms with Gasteiger partial charge in [0.05, 0.1) is 18.4 Å². The van der Waals surface area contributed by atoms with Crippen molar-refractivity contribution >= 4 is 34.7 Å². The number of pyridine rings is 1. The summed E-state index contributed by atoms with van der Waals surface area (Å²) in [4.78, 5) is 16.4. The number of carbonyl (C=O) groups excluding carboxylic acids is 1. The number of rotatable bonds is 5. The first kappa shape index (κ1) is 17.7. The number of amides is 1. The third-order valence-electron chi connectivity index (χ3n) is 3.55. The van der Waals surface area contributed by atoms with Crippen molar-refractivity contribution in [2.24, 2.45) is 0 Å². The molecular formula is C19H15ClFN3O2. The van der Waals surface area contributed by atoms with Gasteiger partial charge in [0.2, 0.25) is 0 Å². The zero-order chi connectivity index (χ0) is 18.5. The second kappa shape index (κ2) is 7.84. The summed E-state index contributed by atoms with van der Waals surface area (Å²) in [6, 6.07) is 14.0. The highest BCUT2D eigenvalue weighted by atomic mass is 35.5. The van der Waals surface area contributed by atoms with Gasteiger partial charge in [-0.1, -0.05) is 11.6 Å². The molecule has 1 heterocycles. The Morgan fingerprint density at radius 1 is 1.12 bits per heavy atom. The molecule has 0 fully saturated rings. The number of halogens is 2. The van der Waals surface area contributed by atoms with Crippen LogP contribution >= 0.6 is 11.6 Å². The maximum atomic E-state index is 12.9. The van der Waals surface area contributed by atoms with Crippen LogP contribution in [0.2, 0.25) is 5.02 Å². The van der Waals surface area contributed by atoms with Crippen molar-refractivity contribution in [3.63, 3.8) is 0 Å². The fourth-order valence-electron chi connectivity index (χ4n) is 2.25. The summed E-state index contributed by atoms with van der Waals surface area (Å²) in [6.07, 6.45) is 1.44. The Hall–Kier alpha value is -3.12. The molecule has 3 rings (SSSR count). The molecule has 3 aromatic rings. The van der Waals surface area contributed by atoms with Crippen molar-refractivity contribution in [1.29, 1.82) is 0 Å². The van der Waals surface area contributed by atoms with Crippen LogP contribution in [0.1, 0.15) is 10.4 Å². The Labute approximate surface area is 154 Å². The maximum Gasteiger partial charge on any atom is 0.257 e. The van der Waals surface area contributed by atoms with Crippen molar-refractivity contribution in [2.75, 3.05) is 17.7 Å². The number of nitrogens with one attached hydrogen (secondary N) is 2. The van der Waals surface area contributed by atoms with Crippen molar-refractivity contribution in [3.8, 4) is 5.75 Å². The normalized spacial score (nSPS) is 10.3. The number of anilines is 3. The SMILES string of the molecule is COc1ccc(Cl)cc1Nc1ccc(C(=O)Nc2ccc(F)cc2)cn1. The van der Waals surface area contributed by atoms with Crippen molar-refractivity contribution in [1.82, 2.24) is 4.98 Å². The van der Waals surface area contributed by atoms with E-state index in [2.05, 4.69) is 15.6 Å². The Balaban J connectivity index is 1.71. The summed E-state index contributed by atoms with van der Waals surface area (Å²) in [7, 11) is 1.56. The van der Waals surface area contributed by atoms with Gasteiger partial charge in [-0.15, -0.1) is 0 Å². The van der Waals surface area contributed by atoms with Gasteiger partial charge < -0.3 is 15.4 Å². The van der Waals surface area contributed by atoms with Crippen LogP contribution in [-0.2, 0) is 0 Å². The Morgan fingerprint density at radius 3 is 2.54 bits per heavy atom. The zero-order valence-corrected chi connectivity index (χ0v) is 14.5. The van der Waals surface area contributed by atoms with E-state index in [4.69, 9.17) is 16.3 Å². The average Bonchev–Trinajstić information content (AvgIpc) is 2.64. The molecule has 0 aliphatic carbocycles. The Morgan fingerprint density at radius 2 is 1.88 bits per heavy atom. The quantitative estimate of drug-likeness (QED) is 0.671. The minimum atomic E-state index is -0.364. The van der Waals surface area contributed by atoms with Crippen molar-refractivity contribution in [2.45, 2.75) is 0 Å². The van der Waals surface area contributed by atoms with Crippen molar-refractivity contribution < 1.29 is 13.9 Å². The minimum absolute atomic E-state index is 0.337. The van der Waals surface area contributed by atoms with E-state index in [-0.39, 0.29) is 11.7 Å². The van der Waals surface area contributed by atoms with Crippen LogP contribution in [0.15, 0.2) is 60.8 Å². The van der Waals surface area contributed by atoms with Gasteiger partial charge >= 0.3 is 0 Å². The third-order valence-corrected chi connectivity index (χ3v) is 3.79. The highest BCUT2D eigenvalue weighted by Gasteiger charge is 2.09. The Bertz CT molecular complexity index is 915. The number of nitrogens with zero attached hydrogens (tertiary/aromatic N) is 1. The zero-order valence-electron chi connectivity index (χ0n) is 13.8. The molecule has 1 amide bonds. The predicted octanol–water partition coefficient (Wildman–Crippen LogP) is 4.88. The van der Waals surface area contributed by atoms with E-state index in [1.54, 1.807) is 37.4 Å². The maximum absolute atomic E-state index is 12.9. The number of benzene rings is 2. The molecule has 0 unspecified atom stereocenters. The van der Waals surface area contributed by atoms with E-state index in [9.17, 15) is 9.18 Å². The van der Waals surface area contributed by atoms with Crippen LogP contribution in [0.25, 0.3) is 0 Å². The first-order valence-corrected chi connectivity index (χ1v) is 8.06. The van der Waals surface area contributed by atoms with Crippen LogP contribution in [0.5, 0.6) is 5.75 Å². The molecule has 2 N–H and O–H groups in total. The number of ether oxygens (including phenoxy) is 1. The fourth-order valence-corrected chi connectivity index (χ4v) is 2.43. The molecule has 0 saturated carbocycles. The predicted molar refractivity (Wildman–Crippen MR) is 99.9 cm³/mol. The van der Waals surface area contributed by atoms with Crippen LogP contribution in [0, 0.1) is 5.82 Å². The van der Waals surface area contributed by atoms with Gasteiger partial charge in [0.25, 0.3) is 5.91 Å². The fraction of sp³-hybridized carbons (Fsp3) is 0.0526. The lowest BCUT2D eigenvalue weighted by Crippen LogP contribution is -2.12. The second-order valence-corrected chi connectivity index (χ2v) is 5.80. The van der Waals surface area contributed by atoms with E-state index in [0.29, 0.717) is 33.5 Å². The van der Waals surface area contributed by atoms with Gasteiger partial charge in [-0.05, 0) is 54.6 Å². The van der Waals surface area contributed by atoms with Gasteiger partial charge in [0, 0.05) is 16.9 Å². The van der Waals surface area contributed by atoms with Gasteiger partial charge in [-0.25, -0.2) is 9.37 Å². The van der Waals surface area contributed by atoms with Gasteiger partial charge in [-0.2, -0.15) is 0 Å². The topological polar surface area (TPSA) is 63.2 Å². The van der Waals surface area contributed by atoms with E-state index in [1.807, 2.05) is 0 Å². The van der Waals surface area contributed by atoms with Gasteiger partial charge in [0.1, 0.15) is 17.4 Å². The van der Waals surface area contributed by atoms with E-state index < -0.39 is 0 Å². The number of carbonyl (C=O) groups is 1. The highest BCUT2D eigenvalue weighted by Crippen LogP contribution is 2.29. The second-order valence-electron chi connectivity index (χ2n) is 5.36. The first-order chi connectivity index (χ1) is 12.5. The molecule has 0 atom stereocenters. The largest absolute Gasteiger partial charge is 0.495 e. The molecular weight excluding hydrogens is 357 g/mol. The third kappa shape index (κ3) is 4.29. The molecule has 7 heteroatoms.